The lowest BCUT2D eigenvalue weighted by Crippen LogP contribution is -2.38. The van der Waals surface area contributed by atoms with Gasteiger partial charge in [0.25, 0.3) is 5.91 Å². The van der Waals surface area contributed by atoms with Crippen molar-refractivity contribution in [1.82, 2.24) is 9.88 Å². The number of carbonyl (C=O) groups excluding carboxylic acids is 1. The molecule has 0 saturated heterocycles. The van der Waals surface area contributed by atoms with Crippen LogP contribution >= 0.6 is 23.1 Å². The molecular formula is C23H29N3O2S2. The van der Waals surface area contributed by atoms with E-state index in [0.29, 0.717) is 12.1 Å². The van der Waals surface area contributed by atoms with Crippen LogP contribution in [0.4, 0.5) is 5.13 Å². The molecule has 160 valence electrons. The number of amides is 1. The highest BCUT2D eigenvalue weighted by Gasteiger charge is 2.22. The standard InChI is InChI=1S/C23H29N3O2S2/c1-5-25(6-2)13-14-26(22(27)17-9-8-10-19(15-17)29-7-3)23-24-20-12-11-18(28-4)16-21(20)30-23/h8-12,15-16H,5-7,13-14H2,1-4H3. The lowest BCUT2D eigenvalue weighted by atomic mass is 10.2. The number of hydrogen-bond acceptors (Lipinski definition) is 6. The molecule has 0 spiro atoms. The van der Waals surface area contributed by atoms with Crippen LogP contribution in [0.25, 0.3) is 10.2 Å². The molecule has 0 N–H and O–H groups in total. The van der Waals surface area contributed by atoms with E-state index in [0.717, 1.165) is 51.4 Å². The van der Waals surface area contributed by atoms with Gasteiger partial charge in [0.1, 0.15) is 5.75 Å². The van der Waals surface area contributed by atoms with Crippen LogP contribution in [0.15, 0.2) is 47.4 Å². The smallest absolute Gasteiger partial charge is 0.260 e. The molecule has 1 amide bonds. The molecule has 0 fully saturated rings. The van der Waals surface area contributed by atoms with Gasteiger partial charge in [0, 0.05) is 23.5 Å². The number of nitrogens with zero attached hydrogens (tertiary/aromatic N) is 3. The minimum Gasteiger partial charge on any atom is -0.497 e. The summed E-state index contributed by atoms with van der Waals surface area (Å²) < 4.78 is 6.36. The quantitative estimate of drug-likeness (QED) is 0.392. The Bertz CT molecular complexity index is 985. The molecule has 0 aliphatic heterocycles. The highest BCUT2D eigenvalue weighted by atomic mass is 32.2. The molecule has 0 radical (unpaired) electrons. The zero-order valence-electron chi connectivity index (χ0n) is 18.1. The molecule has 0 unspecified atom stereocenters. The molecule has 0 saturated carbocycles. The first-order valence-electron chi connectivity index (χ1n) is 10.3. The number of anilines is 1. The summed E-state index contributed by atoms with van der Waals surface area (Å²) in [5.74, 6) is 1.76. The Balaban J connectivity index is 1.95. The molecule has 2 aromatic carbocycles. The van der Waals surface area contributed by atoms with E-state index >= 15 is 0 Å². The first-order chi connectivity index (χ1) is 14.6. The van der Waals surface area contributed by atoms with Crippen LogP contribution in [-0.2, 0) is 0 Å². The third kappa shape index (κ3) is 5.33. The molecule has 0 bridgehead atoms. The van der Waals surface area contributed by atoms with Crippen molar-refractivity contribution in [2.24, 2.45) is 0 Å². The molecule has 0 aliphatic carbocycles. The van der Waals surface area contributed by atoms with E-state index in [1.807, 2.05) is 41.3 Å². The van der Waals surface area contributed by atoms with E-state index in [9.17, 15) is 4.79 Å². The van der Waals surface area contributed by atoms with Crippen molar-refractivity contribution in [3.63, 3.8) is 0 Å². The van der Waals surface area contributed by atoms with Gasteiger partial charge in [-0.25, -0.2) is 4.98 Å². The number of likely N-dealkylation sites (N-methyl/N-ethyl adjacent to an activating group) is 1. The normalized spacial score (nSPS) is 11.2. The Morgan fingerprint density at radius 1 is 1.10 bits per heavy atom. The minimum absolute atomic E-state index is 0.00766. The Kier molecular flexibility index (Phi) is 8.13. The van der Waals surface area contributed by atoms with E-state index < -0.39 is 0 Å². The number of aromatic nitrogens is 1. The first kappa shape index (κ1) is 22.6. The second-order valence-corrected chi connectivity index (χ2v) is 9.12. The number of thioether (sulfide) groups is 1. The van der Waals surface area contributed by atoms with Crippen molar-refractivity contribution >= 4 is 44.4 Å². The van der Waals surface area contributed by atoms with Crippen LogP contribution in [0.3, 0.4) is 0 Å². The van der Waals surface area contributed by atoms with E-state index in [-0.39, 0.29) is 5.91 Å². The van der Waals surface area contributed by atoms with E-state index in [1.54, 1.807) is 18.9 Å². The average Bonchev–Trinajstić information content (AvgIpc) is 3.19. The molecule has 0 aliphatic rings. The monoisotopic (exact) mass is 443 g/mol. The van der Waals surface area contributed by atoms with E-state index in [2.05, 4.69) is 31.7 Å². The van der Waals surface area contributed by atoms with Crippen molar-refractivity contribution in [3.8, 4) is 5.75 Å². The summed E-state index contributed by atoms with van der Waals surface area (Å²) in [6.07, 6.45) is 0. The third-order valence-corrected chi connectivity index (χ3v) is 6.90. The van der Waals surface area contributed by atoms with Crippen LogP contribution in [0.2, 0.25) is 0 Å². The maximum atomic E-state index is 13.5. The maximum absolute atomic E-state index is 13.5. The highest BCUT2D eigenvalue weighted by Crippen LogP contribution is 2.32. The number of fused-ring (bicyclic) bond motifs is 1. The van der Waals surface area contributed by atoms with Crippen molar-refractivity contribution in [2.75, 3.05) is 43.9 Å². The predicted molar refractivity (Wildman–Crippen MR) is 128 cm³/mol. The topological polar surface area (TPSA) is 45.7 Å². The van der Waals surface area contributed by atoms with Gasteiger partial charge in [0.15, 0.2) is 5.13 Å². The van der Waals surface area contributed by atoms with E-state index in [1.165, 1.54) is 11.3 Å². The second kappa shape index (κ2) is 10.8. The Morgan fingerprint density at radius 3 is 2.60 bits per heavy atom. The number of ether oxygens (including phenoxy) is 1. The Hall–Kier alpha value is -2.09. The number of benzene rings is 2. The number of carbonyl (C=O) groups is 1. The zero-order chi connectivity index (χ0) is 21.5. The summed E-state index contributed by atoms with van der Waals surface area (Å²) >= 11 is 3.27. The average molecular weight is 444 g/mol. The van der Waals surface area contributed by atoms with Gasteiger partial charge >= 0.3 is 0 Å². The molecule has 1 aromatic heterocycles. The highest BCUT2D eigenvalue weighted by molar-refractivity contribution is 7.99. The number of methoxy groups -OCH3 is 1. The molecule has 1 heterocycles. The van der Waals surface area contributed by atoms with E-state index in [4.69, 9.17) is 9.72 Å². The van der Waals surface area contributed by atoms with Crippen LogP contribution < -0.4 is 9.64 Å². The lowest BCUT2D eigenvalue weighted by molar-refractivity contribution is 0.0983. The predicted octanol–water partition coefficient (Wildman–Crippen LogP) is 5.41. The molecule has 30 heavy (non-hydrogen) atoms. The Morgan fingerprint density at radius 2 is 1.90 bits per heavy atom. The van der Waals surface area contributed by atoms with Gasteiger partial charge in [-0.15, -0.1) is 11.8 Å². The fraction of sp³-hybridized carbons (Fsp3) is 0.391. The van der Waals surface area contributed by atoms with Crippen molar-refractivity contribution in [1.29, 1.82) is 0 Å². The third-order valence-electron chi connectivity index (χ3n) is 4.99. The summed E-state index contributed by atoms with van der Waals surface area (Å²) in [5, 5.41) is 0.726. The van der Waals surface area contributed by atoms with Crippen molar-refractivity contribution in [3.05, 3.63) is 48.0 Å². The number of hydrogen-bond donors (Lipinski definition) is 0. The van der Waals surface area contributed by atoms with Gasteiger partial charge in [-0.2, -0.15) is 0 Å². The molecule has 0 atom stereocenters. The number of rotatable bonds is 10. The maximum Gasteiger partial charge on any atom is 0.260 e. The van der Waals surface area contributed by atoms with Gasteiger partial charge in [0.05, 0.1) is 17.3 Å². The van der Waals surface area contributed by atoms with Crippen LogP contribution in [0, 0.1) is 0 Å². The van der Waals surface area contributed by atoms with Crippen LogP contribution in [-0.4, -0.2) is 54.8 Å². The Labute approximate surface area is 187 Å². The zero-order valence-corrected chi connectivity index (χ0v) is 19.7. The van der Waals surface area contributed by atoms with Crippen molar-refractivity contribution in [2.45, 2.75) is 25.7 Å². The van der Waals surface area contributed by atoms with Crippen LogP contribution in [0.1, 0.15) is 31.1 Å². The second-order valence-electron chi connectivity index (χ2n) is 6.77. The molecular weight excluding hydrogens is 414 g/mol. The van der Waals surface area contributed by atoms with Gasteiger partial charge < -0.3 is 9.64 Å². The summed E-state index contributed by atoms with van der Waals surface area (Å²) in [6, 6.07) is 13.7. The first-order valence-corrected chi connectivity index (χ1v) is 12.1. The fourth-order valence-electron chi connectivity index (χ4n) is 3.24. The fourth-order valence-corrected chi connectivity index (χ4v) is 4.98. The lowest BCUT2D eigenvalue weighted by Gasteiger charge is -2.25. The van der Waals surface area contributed by atoms with Crippen LogP contribution in [0.5, 0.6) is 5.75 Å². The minimum atomic E-state index is -0.00766. The molecule has 5 nitrogen and oxygen atoms in total. The molecule has 3 aromatic rings. The van der Waals surface area contributed by atoms with Gasteiger partial charge in [-0.3, -0.25) is 9.69 Å². The van der Waals surface area contributed by atoms with Gasteiger partial charge in [-0.05, 0) is 55.2 Å². The molecule has 3 rings (SSSR count). The summed E-state index contributed by atoms with van der Waals surface area (Å²) in [4.78, 5) is 23.6. The molecule has 7 heteroatoms. The number of thiazole rings is 1. The van der Waals surface area contributed by atoms with Gasteiger partial charge in [-0.1, -0.05) is 38.2 Å². The largest absolute Gasteiger partial charge is 0.497 e. The summed E-state index contributed by atoms with van der Waals surface area (Å²) in [5.41, 5.74) is 1.58. The van der Waals surface area contributed by atoms with Gasteiger partial charge in [0.2, 0.25) is 0 Å². The van der Waals surface area contributed by atoms with Crippen molar-refractivity contribution < 1.29 is 9.53 Å². The SMILES string of the molecule is CCSc1cccc(C(=O)N(CCN(CC)CC)c2nc3ccc(OC)cc3s2)c1. The summed E-state index contributed by atoms with van der Waals surface area (Å²) in [6.45, 7) is 9.72. The summed E-state index contributed by atoms with van der Waals surface area (Å²) in [7, 11) is 1.66.